The Morgan fingerprint density at radius 2 is 1.90 bits per heavy atom. The lowest BCUT2D eigenvalue weighted by atomic mass is 10.2. The van der Waals surface area contributed by atoms with Crippen molar-refractivity contribution in [1.82, 2.24) is 0 Å². The molecule has 1 aromatic carbocycles. The van der Waals surface area contributed by atoms with E-state index in [-0.39, 0.29) is 5.91 Å². The fourth-order valence-corrected chi connectivity index (χ4v) is 3.32. The number of aryl methyl sites for hydroxylation is 1. The number of amides is 1. The average Bonchev–Trinajstić information content (AvgIpc) is 3.10. The van der Waals surface area contributed by atoms with Gasteiger partial charge in [0.15, 0.2) is 0 Å². The lowest BCUT2D eigenvalue weighted by Crippen LogP contribution is -2.20. The number of carbonyl (C=O) groups excluding carboxylic acids is 1. The molecule has 2 aromatic rings. The topological polar surface area (TPSA) is 32.3 Å². The van der Waals surface area contributed by atoms with Crippen molar-refractivity contribution in [2.45, 2.75) is 19.8 Å². The number of nitrogens with zero attached hydrogens (tertiary/aromatic N) is 1. The molecule has 4 heteroatoms. The zero-order chi connectivity index (χ0) is 13.9. The van der Waals surface area contributed by atoms with Gasteiger partial charge >= 0.3 is 0 Å². The smallest absolute Gasteiger partial charge is 0.265 e. The zero-order valence-electron chi connectivity index (χ0n) is 11.6. The van der Waals surface area contributed by atoms with Gasteiger partial charge in [0, 0.05) is 18.0 Å². The van der Waals surface area contributed by atoms with E-state index in [9.17, 15) is 4.79 Å². The number of rotatable bonds is 3. The van der Waals surface area contributed by atoms with Crippen molar-refractivity contribution >= 4 is 28.6 Å². The third-order valence-electron chi connectivity index (χ3n) is 3.56. The molecule has 0 radical (unpaired) electrons. The molecular weight excluding hydrogens is 268 g/mol. The summed E-state index contributed by atoms with van der Waals surface area (Å²) in [4.78, 5) is 16.5. The van der Waals surface area contributed by atoms with E-state index in [0.717, 1.165) is 34.2 Å². The molecule has 2 heterocycles. The van der Waals surface area contributed by atoms with Crippen LogP contribution in [0, 0.1) is 6.92 Å². The summed E-state index contributed by atoms with van der Waals surface area (Å²) in [5.74, 6) is -0.0188. The number of para-hydroxylation sites is 2. The van der Waals surface area contributed by atoms with Crippen molar-refractivity contribution in [2.75, 3.05) is 23.3 Å². The maximum atomic E-state index is 12.3. The van der Waals surface area contributed by atoms with Gasteiger partial charge in [-0.15, -0.1) is 11.3 Å². The van der Waals surface area contributed by atoms with Crippen LogP contribution in [-0.2, 0) is 0 Å². The van der Waals surface area contributed by atoms with Crippen LogP contribution < -0.4 is 10.2 Å². The SMILES string of the molecule is Cc1ccc(C(=O)Nc2ccccc2N2CCCC2)s1. The van der Waals surface area contributed by atoms with Gasteiger partial charge in [-0.1, -0.05) is 12.1 Å². The summed E-state index contributed by atoms with van der Waals surface area (Å²) >= 11 is 1.53. The fraction of sp³-hybridized carbons (Fsp3) is 0.312. The van der Waals surface area contributed by atoms with E-state index in [1.165, 1.54) is 24.2 Å². The summed E-state index contributed by atoms with van der Waals surface area (Å²) in [6.07, 6.45) is 2.46. The van der Waals surface area contributed by atoms with E-state index in [2.05, 4.69) is 16.3 Å². The molecular formula is C16H18N2OS. The number of anilines is 2. The van der Waals surface area contributed by atoms with Crippen LogP contribution in [0.15, 0.2) is 36.4 Å². The van der Waals surface area contributed by atoms with Crippen LogP contribution in [0.3, 0.4) is 0 Å². The summed E-state index contributed by atoms with van der Waals surface area (Å²) < 4.78 is 0. The predicted molar refractivity (Wildman–Crippen MR) is 84.9 cm³/mol. The number of benzene rings is 1. The van der Waals surface area contributed by atoms with E-state index in [1.807, 2.05) is 37.3 Å². The van der Waals surface area contributed by atoms with Crippen molar-refractivity contribution in [2.24, 2.45) is 0 Å². The predicted octanol–water partition coefficient (Wildman–Crippen LogP) is 3.91. The Morgan fingerprint density at radius 3 is 2.60 bits per heavy atom. The third kappa shape index (κ3) is 2.70. The van der Waals surface area contributed by atoms with Crippen LogP contribution in [0.4, 0.5) is 11.4 Å². The van der Waals surface area contributed by atoms with Gasteiger partial charge in [-0.05, 0) is 44.0 Å². The normalized spacial score (nSPS) is 14.6. The van der Waals surface area contributed by atoms with Crippen molar-refractivity contribution in [1.29, 1.82) is 0 Å². The average molecular weight is 286 g/mol. The Morgan fingerprint density at radius 1 is 1.15 bits per heavy atom. The molecule has 0 bridgehead atoms. The van der Waals surface area contributed by atoms with Crippen LogP contribution in [0.2, 0.25) is 0 Å². The first-order valence-electron chi connectivity index (χ1n) is 6.96. The highest BCUT2D eigenvalue weighted by molar-refractivity contribution is 7.14. The van der Waals surface area contributed by atoms with Crippen molar-refractivity contribution in [3.05, 3.63) is 46.2 Å². The Kier molecular flexibility index (Phi) is 3.74. The van der Waals surface area contributed by atoms with Crippen LogP contribution in [0.1, 0.15) is 27.4 Å². The molecule has 3 rings (SSSR count). The van der Waals surface area contributed by atoms with Gasteiger partial charge in [-0.25, -0.2) is 0 Å². The van der Waals surface area contributed by atoms with Crippen LogP contribution in [-0.4, -0.2) is 19.0 Å². The highest BCUT2D eigenvalue weighted by Crippen LogP contribution is 2.29. The van der Waals surface area contributed by atoms with Gasteiger partial charge in [0.1, 0.15) is 0 Å². The number of carbonyl (C=O) groups is 1. The third-order valence-corrected chi connectivity index (χ3v) is 4.56. The molecule has 1 aliphatic rings. The van der Waals surface area contributed by atoms with E-state index in [0.29, 0.717) is 0 Å². The Bertz CT molecular complexity index is 614. The number of hydrogen-bond acceptors (Lipinski definition) is 3. The molecule has 1 N–H and O–H groups in total. The molecule has 1 saturated heterocycles. The highest BCUT2D eigenvalue weighted by atomic mass is 32.1. The summed E-state index contributed by atoms with van der Waals surface area (Å²) in [6, 6.07) is 11.9. The van der Waals surface area contributed by atoms with Gasteiger partial charge < -0.3 is 10.2 Å². The minimum absolute atomic E-state index is 0.0188. The molecule has 3 nitrogen and oxygen atoms in total. The summed E-state index contributed by atoms with van der Waals surface area (Å²) in [7, 11) is 0. The monoisotopic (exact) mass is 286 g/mol. The quantitative estimate of drug-likeness (QED) is 0.928. The van der Waals surface area contributed by atoms with Crippen molar-refractivity contribution in [3.8, 4) is 0 Å². The van der Waals surface area contributed by atoms with Gasteiger partial charge in [-0.3, -0.25) is 4.79 Å². The van der Waals surface area contributed by atoms with Gasteiger partial charge in [0.2, 0.25) is 0 Å². The first-order valence-corrected chi connectivity index (χ1v) is 7.77. The van der Waals surface area contributed by atoms with E-state index in [4.69, 9.17) is 0 Å². The second-order valence-electron chi connectivity index (χ2n) is 5.08. The molecule has 20 heavy (non-hydrogen) atoms. The second-order valence-corrected chi connectivity index (χ2v) is 6.36. The van der Waals surface area contributed by atoms with Crippen LogP contribution in [0.5, 0.6) is 0 Å². The minimum atomic E-state index is -0.0188. The number of thiophene rings is 1. The summed E-state index contributed by atoms with van der Waals surface area (Å²) in [5.41, 5.74) is 2.04. The van der Waals surface area contributed by atoms with Crippen molar-refractivity contribution < 1.29 is 4.79 Å². The second kappa shape index (κ2) is 5.67. The van der Waals surface area contributed by atoms with Crippen LogP contribution in [0.25, 0.3) is 0 Å². The Hall–Kier alpha value is -1.81. The lowest BCUT2D eigenvalue weighted by molar-refractivity contribution is 0.103. The molecule has 1 amide bonds. The minimum Gasteiger partial charge on any atom is -0.370 e. The first-order chi connectivity index (χ1) is 9.74. The fourth-order valence-electron chi connectivity index (χ4n) is 2.55. The lowest BCUT2D eigenvalue weighted by Gasteiger charge is -2.21. The maximum absolute atomic E-state index is 12.3. The molecule has 1 aromatic heterocycles. The van der Waals surface area contributed by atoms with Crippen molar-refractivity contribution in [3.63, 3.8) is 0 Å². The maximum Gasteiger partial charge on any atom is 0.265 e. The number of hydrogen-bond donors (Lipinski definition) is 1. The highest BCUT2D eigenvalue weighted by Gasteiger charge is 2.17. The molecule has 0 atom stereocenters. The molecule has 0 saturated carbocycles. The van der Waals surface area contributed by atoms with E-state index >= 15 is 0 Å². The molecule has 1 aliphatic heterocycles. The van der Waals surface area contributed by atoms with Gasteiger partial charge in [0.25, 0.3) is 5.91 Å². The van der Waals surface area contributed by atoms with Crippen LogP contribution >= 0.6 is 11.3 Å². The van der Waals surface area contributed by atoms with Gasteiger partial charge in [-0.2, -0.15) is 0 Å². The Labute approximate surface area is 123 Å². The largest absolute Gasteiger partial charge is 0.370 e. The van der Waals surface area contributed by atoms with E-state index in [1.54, 1.807) is 0 Å². The zero-order valence-corrected chi connectivity index (χ0v) is 12.4. The molecule has 1 fully saturated rings. The van der Waals surface area contributed by atoms with E-state index < -0.39 is 0 Å². The summed E-state index contributed by atoms with van der Waals surface area (Å²) in [5, 5.41) is 3.05. The first kappa shape index (κ1) is 13.2. The van der Waals surface area contributed by atoms with Gasteiger partial charge in [0.05, 0.1) is 16.3 Å². The molecule has 0 aliphatic carbocycles. The number of nitrogens with one attached hydrogen (secondary N) is 1. The molecule has 104 valence electrons. The summed E-state index contributed by atoms with van der Waals surface area (Å²) in [6.45, 7) is 4.16. The standard InChI is InChI=1S/C16H18N2OS/c1-12-8-9-15(20-12)16(19)17-13-6-2-3-7-14(13)18-10-4-5-11-18/h2-3,6-9H,4-5,10-11H2,1H3,(H,17,19). The Balaban J connectivity index is 1.81. The molecule has 0 spiro atoms. The molecule has 0 unspecified atom stereocenters.